The minimum Gasteiger partial charge on any atom is -0.465 e. The van der Waals surface area contributed by atoms with Crippen LogP contribution in [0, 0.1) is 29.4 Å². The standard InChI is InChI=1S/C18H19F2N3O3/c19-14-5-10(6-15(20)7-14)16-1-2-21-23(16)17(24)11-3-12-8-22(18(25)26)9-13(12)4-11/h2,5-7,11-13,16H,1,3-4,8-9H2,(H,25,26). The van der Waals surface area contributed by atoms with E-state index >= 15 is 0 Å². The zero-order chi connectivity index (χ0) is 18.4. The van der Waals surface area contributed by atoms with Gasteiger partial charge in [-0.25, -0.2) is 18.6 Å². The second-order valence-corrected chi connectivity index (χ2v) is 7.31. The number of hydrogen-bond acceptors (Lipinski definition) is 3. The number of nitrogens with zero attached hydrogens (tertiary/aromatic N) is 3. The van der Waals surface area contributed by atoms with Gasteiger partial charge in [0.05, 0.1) is 6.04 Å². The molecule has 2 amide bonds. The first kappa shape index (κ1) is 16.9. The van der Waals surface area contributed by atoms with E-state index in [1.54, 1.807) is 6.21 Å². The van der Waals surface area contributed by atoms with Gasteiger partial charge in [0.15, 0.2) is 0 Å². The summed E-state index contributed by atoms with van der Waals surface area (Å²) >= 11 is 0. The Balaban J connectivity index is 1.47. The number of rotatable bonds is 2. The minimum absolute atomic E-state index is 0.148. The number of carboxylic acid groups (broad SMARTS) is 1. The molecule has 1 saturated heterocycles. The monoisotopic (exact) mass is 363 g/mol. The maximum Gasteiger partial charge on any atom is 0.407 e. The number of benzene rings is 1. The van der Waals surface area contributed by atoms with Gasteiger partial charge in [0.25, 0.3) is 0 Å². The predicted molar refractivity (Wildman–Crippen MR) is 88.4 cm³/mol. The quantitative estimate of drug-likeness (QED) is 0.878. The molecule has 1 aromatic rings. The molecule has 8 heteroatoms. The largest absolute Gasteiger partial charge is 0.465 e. The molecule has 138 valence electrons. The molecule has 1 aromatic carbocycles. The molecule has 0 radical (unpaired) electrons. The number of amides is 2. The summed E-state index contributed by atoms with van der Waals surface area (Å²) in [5, 5.41) is 14.6. The van der Waals surface area contributed by atoms with Crippen molar-refractivity contribution in [2.75, 3.05) is 13.1 Å². The Kier molecular flexibility index (Phi) is 4.13. The van der Waals surface area contributed by atoms with E-state index in [2.05, 4.69) is 5.10 Å². The molecule has 2 fully saturated rings. The average molecular weight is 363 g/mol. The second kappa shape index (κ2) is 6.34. The lowest BCUT2D eigenvalue weighted by atomic mass is 10.0. The molecule has 0 bridgehead atoms. The molecule has 3 unspecified atom stereocenters. The highest BCUT2D eigenvalue weighted by molar-refractivity contribution is 5.82. The van der Waals surface area contributed by atoms with Gasteiger partial charge in [-0.05, 0) is 42.4 Å². The van der Waals surface area contributed by atoms with Gasteiger partial charge in [-0.15, -0.1) is 0 Å². The number of halogens is 2. The van der Waals surface area contributed by atoms with Crippen LogP contribution in [0.15, 0.2) is 23.3 Å². The first-order valence-electron chi connectivity index (χ1n) is 8.71. The maximum atomic E-state index is 13.5. The fourth-order valence-corrected chi connectivity index (χ4v) is 4.52. The molecule has 4 rings (SSSR count). The molecule has 0 spiro atoms. The van der Waals surface area contributed by atoms with E-state index in [1.807, 2.05) is 0 Å². The third kappa shape index (κ3) is 2.93. The van der Waals surface area contributed by atoms with E-state index in [9.17, 15) is 18.4 Å². The molecule has 3 atom stereocenters. The summed E-state index contributed by atoms with van der Waals surface area (Å²) in [7, 11) is 0. The number of hydrogen-bond donors (Lipinski definition) is 1. The Bertz CT molecular complexity index is 751. The van der Waals surface area contributed by atoms with Crippen LogP contribution in [0.3, 0.4) is 0 Å². The molecular formula is C18H19F2N3O3. The molecule has 6 nitrogen and oxygen atoms in total. The first-order chi connectivity index (χ1) is 12.4. The second-order valence-electron chi connectivity index (χ2n) is 7.31. The average Bonchev–Trinajstić information content (AvgIpc) is 3.27. The zero-order valence-electron chi connectivity index (χ0n) is 14.0. The lowest BCUT2D eigenvalue weighted by Gasteiger charge is -2.25. The topological polar surface area (TPSA) is 73.2 Å². The van der Waals surface area contributed by atoms with Crippen molar-refractivity contribution in [2.45, 2.75) is 25.3 Å². The van der Waals surface area contributed by atoms with Crippen LogP contribution in [-0.2, 0) is 4.79 Å². The third-order valence-electron chi connectivity index (χ3n) is 5.70. The van der Waals surface area contributed by atoms with Crippen molar-refractivity contribution in [3.8, 4) is 0 Å². The van der Waals surface area contributed by atoms with Gasteiger partial charge in [0, 0.05) is 37.7 Å². The molecule has 2 heterocycles. The molecule has 1 N–H and O–H groups in total. The van der Waals surface area contributed by atoms with E-state index in [0.29, 0.717) is 37.9 Å². The predicted octanol–water partition coefficient (Wildman–Crippen LogP) is 2.86. The number of carbonyl (C=O) groups is 2. The Morgan fingerprint density at radius 1 is 1.08 bits per heavy atom. The van der Waals surface area contributed by atoms with Gasteiger partial charge in [-0.1, -0.05) is 0 Å². The first-order valence-corrected chi connectivity index (χ1v) is 8.71. The minimum atomic E-state index is -0.917. The summed E-state index contributed by atoms with van der Waals surface area (Å²) in [6.07, 6.45) is 2.35. The van der Waals surface area contributed by atoms with Gasteiger partial charge >= 0.3 is 6.09 Å². The summed E-state index contributed by atoms with van der Waals surface area (Å²) in [5.74, 6) is -1.35. The summed E-state index contributed by atoms with van der Waals surface area (Å²) in [5.41, 5.74) is 0.392. The molecule has 2 aliphatic heterocycles. The number of likely N-dealkylation sites (tertiary alicyclic amines) is 1. The Labute approximate surface area is 149 Å². The van der Waals surface area contributed by atoms with E-state index in [1.165, 1.54) is 22.0 Å². The van der Waals surface area contributed by atoms with Crippen LogP contribution in [0.5, 0.6) is 0 Å². The Hall–Kier alpha value is -2.51. The van der Waals surface area contributed by atoms with Gasteiger partial charge < -0.3 is 10.0 Å². The fraction of sp³-hybridized carbons (Fsp3) is 0.500. The summed E-state index contributed by atoms with van der Waals surface area (Å²) in [4.78, 5) is 25.4. The SMILES string of the molecule is O=C(O)N1CC2CC(C(=O)N3N=CCC3c3cc(F)cc(F)c3)CC2C1. The summed E-state index contributed by atoms with van der Waals surface area (Å²) in [6.45, 7) is 0.928. The van der Waals surface area contributed by atoms with E-state index in [4.69, 9.17) is 5.11 Å². The van der Waals surface area contributed by atoms with E-state index < -0.39 is 23.8 Å². The van der Waals surface area contributed by atoms with Crippen LogP contribution in [0.4, 0.5) is 13.6 Å². The fourth-order valence-electron chi connectivity index (χ4n) is 4.52. The third-order valence-corrected chi connectivity index (χ3v) is 5.70. The van der Waals surface area contributed by atoms with Crippen molar-refractivity contribution < 1.29 is 23.5 Å². The van der Waals surface area contributed by atoms with Gasteiger partial charge in [-0.3, -0.25) is 4.79 Å². The van der Waals surface area contributed by atoms with Crippen molar-refractivity contribution in [1.82, 2.24) is 9.91 Å². The molecule has 26 heavy (non-hydrogen) atoms. The summed E-state index contributed by atoms with van der Waals surface area (Å²) in [6, 6.07) is 2.77. The Morgan fingerprint density at radius 2 is 1.69 bits per heavy atom. The van der Waals surface area contributed by atoms with Crippen LogP contribution in [0.2, 0.25) is 0 Å². The van der Waals surface area contributed by atoms with Crippen LogP contribution in [0.1, 0.15) is 30.9 Å². The molecule has 1 saturated carbocycles. The highest BCUT2D eigenvalue weighted by Gasteiger charge is 2.46. The van der Waals surface area contributed by atoms with Crippen LogP contribution < -0.4 is 0 Å². The summed E-state index contributed by atoms with van der Waals surface area (Å²) < 4.78 is 27.1. The van der Waals surface area contributed by atoms with Gasteiger partial charge in [0.1, 0.15) is 11.6 Å². The van der Waals surface area contributed by atoms with Gasteiger partial charge in [0.2, 0.25) is 5.91 Å². The lowest BCUT2D eigenvalue weighted by molar-refractivity contribution is -0.137. The van der Waals surface area contributed by atoms with E-state index in [-0.39, 0.29) is 23.7 Å². The number of hydrazone groups is 1. The number of carbonyl (C=O) groups excluding carboxylic acids is 1. The maximum absolute atomic E-state index is 13.5. The van der Waals surface area contributed by atoms with Crippen molar-refractivity contribution in [2.24, 2.45) is 22.9 Å². The molecular weight excluding hydrogens is 344 g/mol. The zero-order valence-corrected chi connectivity index (χ0v) is 14.0. The molecule has 0 aromatic heterocycles. The smallest absolute Gasteiger partial charge is 0.407 e. The van der Waals surface area contributed by atoms with E-state index in [0.717, 1.165) is 6.07 Å². The van der Waals surface area contributed by atoms with Crippen LogP contribution in [0.25, 0.3) is 0 Å². The van der Waals surface area contributed by atoms with Crippen LogP contribution in [-0.4, -0.2) is 46.3 Å². The van der Waals surface area contributed by atoms with Crippen molar-refractivity contribution >= 4 is 18.2 Å². The van der Waals surface area contributed by atoms with Crippen molar-refractivity contribution in [3.05, 3.63) is 35.4 Å². The van der Waals surface area contributed by atoms with Crippen molar-refractivity contribution in [3.63, 3.8) is 0 Å². The lowest BCUT2D eigenvalue weighted by Crippen LogP contribution is -2.34. The normalized spacial score (nSPS) is 30.1. The highest BCUT2D eigenvalue weighted by atomic mass is 19.1. The van der Waals surface area contributed by atoms with Crippen LogP contribution >= 0.6 is 0 Å². The number of fused-ring (bicyclic) bond motifs is 1. The van der Waals surface area contributed by atoms with Crippen molar-refractivity contribution in [1.29, 1.82) is 0 Å². The molecule has 3 aliphatic rings. The Morgan fingerprint density at radius 3 is 2.27 bits per heavy atom. The highest BCUT2D eigenvalue weighted by Crippen LogP contribution is 2.43. The molecule has 1 aliphatic carbocycles. The van der Waals surface area contributed by atoms with Gasteiger partial charge in [-0.2, -0.15) is 5.10 Å².